The molecule has 0 bridgehead atoms. The molecule has 2 amide bonds. The maximum absolute atomic E-state index is 12.4. The maximum atomic E-state index is 12.4. The minimum absolute atomic E-state index is 0.0847. The molecule has 6 nitrogen and oxygen atoms in total. The number of carbonyl (C=O) groups excluding carboxylic acids is 1. The molecule has 1 aromatic rings. The minimum atomic E-state index is -0.960. The number of hydrogen-bond acceptors (Lipinski definition) is 3. The number of hydrogen-bond donors (Lipinski definition) is 2. The zero-order chi connectivity index (χ0) is 16.0. The first-order valence-electron chi connectivity index (χ1n) is 6.80. The Morgan fingerprint density at radius 3 is 2.29 bits per heavy atom. The van der Waals surface area contributed by atoms with Gasteiger partial charge in [0.2, 0.25) is 0 Å². The monoisotopic (exact) mass is 294 g/mol. The highest BCUT2D eigenvalue weighted by atomic mass is 16.4. The number of nitrogens with zero attached hydrogens (tertiary/aromatic N) is 2. The summed E-state index contributed by atoms with van der Waals surface area (Å²) in [6.45, 7) is 3.81. The number of carboxylic acids is 1. The number of anilines is 1. The molecule has 0 fully saturated rings. The first kappa shape index (κ1) is 17.0. The molecule has 1 rings (SSSR count). The van der Waals surface area contributed by atoms with Crippen molar-refractivity contribution in [2.45, 2.75) is 26.4 Å². The number of aliphatic hydroxyl groups is 1. The molecule has 0 aliphatic carbocycles. The van der Waals surface area contributed by atoms with E-state index < -0.39 is 12.1 Å². The highest BCUT2D eigenvalue weighted by Crippen LogP contribution is 2.17. The molecule has 0 saturated carbocycles. The van der Waals surface area contributed by atoms with Gasteiger partial charge in [-0.25, -0.2) is 4.79 Å². The molecule has 116 valence electrons. The molecule has 21 heavy (non-hydrogen) atoms. The van der Waals surface area contributed by atoms with Crippen LogP contribution in [0.3, 0.4) is 0 Å². The fourth-order valence-corrected chi connectivity index (χ4v) is 1.95. The zero-order valence-electron chi connectivity index (χ0n) is 12.6. The van der Waals surface area contributed by atoms with Gasteiger partial charge in [-0.1, -0.05) is 17.7 Å². The number of benzene rings is 1. The van der Waals surface area contributed by atoms with Gasteiger partial charge in [0.05, 0.1) is 12.5 Å². The number of aryl methyl sites for hydroxylation is 1. The minimum Gasteiger partial charge on any atom is -0.481 e. The van der Waals surface area contributed by atoms with Crippen molar-refractivity contribution in [3.63, 3.8) is 0 Å². The van der Waals surface area contributed by atoms with Crippen LogP contribution >= 0.6 is 0 Å². The summed E-state index contributed by atoms with van der Waals surface area (Å²) in [5.74, 6) is -0.960. The highest BCUT2D eigenvalue weighted by molar-refractivity contribution is 5.92. The molecule has 0 spiro atoms. The molecular formula is C15H22N2O4. The van der Waals surface area contributed by atoms with Crippen LogP contribution in [-0.2, 0) is 4.79 Å². The Bertz CT molecular complexity index is 485. The Morgan fingerprint density at radius 1 is 1.24 bits per heavy atom. The number of likely N-dealkylation sites (N-methyl/N-ethyl adjacent to an activating group) is 1. The van der Waals surface area contributed by atoms with E-state index >= 15 is 0 Å². The molecule has 1 unspecified atom stereocenters. The van der Waals surface area contributed by atoms with Gasteiger partial charge in [0, 0.05) is 25.8 Å². The van der Waals surface area contributed by atoms with E-state index in [4.69, 9.17) is 5.11 Å². The van der Waals surface area contributed by atoms with Crippen LogP contribution < -0.4 is 4.90 Å². The Morgan fingerprint density at radius 2 is 1.81 bits per heavy atom. The number of carboxylic acid groups (broad SMARTS) is 1. The van der Waals surface area contributed by atoms with Crippen LogP contribution in [0.5, 0.6) is 0 Å². The van der Waals surface area contributed by atoms with Crippen molar-refractivity contribution in [3.05, 3.63) is 29.8 Å². The van der Waals surface area contributed by atoms with Gasteiger partial charge in [-0.05, 0) is 26.0 Å². The number of aliphatic carboxylic acids is 1. The lowest BCUT2D eigenvalue weighted by atomic mass is 10.2. The molecule has 2 N–H and O–H groups in total. The normalized spacial score (nSPS) is 11.8. The van der Waals surface area contributed by atoms with Crippen molar-refractivity contribution in [3.8, 4) is 0 Å². The summed E-state index contributed by atoms with van der Waals surface area (Å²) in [5, 5.41) is 18.2. The van der Waals surface area contributed by atoms with Crippen LogP contribution in [0.25, 0.3) is 0 Å². The second kappa shape index (κ2) is 7.64. The molecule has 1 aromatic carbocycles. The summed E-state index contributed by atoms with van der Waals surface area (Å²) in [7, 11) is 1.58. The van der Waals surface area contributed by atoms with E-state index in [1.54, 1.807) is 26.1 Å². The van der Waals surface area contributed by atoms with Crippen molar-refractivity contribution < 1.29 is 19.8 Å². The van der Waals surface area contributed by atoms with Gasteiger partial charge < -0.3 is 15.1 Å². The molecule has 0 heterocycles. The Labute approximate surface area is 124 Å². The second-order valence-electron chi connectivity index (χ2n) is 5.14. The summed E-state index contributed by atoms with van der Waals surface area (Å²) >= 11 is 0. The predicted octanol–water partition coefficient (Wildman–Crippen LogP) is 1.71. The SMILES string of the molecule is Cc1ccc(N(CCC(=O)O)C(=O)N(C)CC(C)O)cc1. The summed E-state index contributed by atoms with van der Waals surface area (Å²) in [5.41, 5.74) is 1.70. The molecule has 0 aliphatic heterocycles. The van der Waals surface area contributed by atoms with E-state index in [0.717, 1.165) is 5.56 Å². The molecule has 0 aromatic heterocycles. The van der Waals surface area contributed by atoms with E-state index in [-0.39, 0.29) is 25.5 Å². The molecule has 0 saturated heterocycles. The van der Waals surface area contributed by atoms with Crippen LogP contribution in [0, 0.1) is 6.92 Å². The van der Waals surface area contributed by atoms with Crippen LogP contribution in [0.2, 0.25) is 0 Å². The third kappa shape index (κ3) is 5.43. The fourth-order valence-electron chi connectivity index (χ4n) is 1.95. The standard InChI is InChI=1S/C15H22N2O4/c1-11-4-6-13(7-5-11)17(9-8-14(19)20)15(21)16(3)10-12(2)18/h4-7,12,18H,8-10H2,1-3H3,(H,19,20). The van der Waals surface area contributed by atoms with Crippen LogP contribution in [0.1, 0.15) is 18.9 Å². The summed E-state index contributed by atoms with van der Waals surface area (Å²) in [4.78, 5) is 26.0. The Balaban J connectivity index is 2.93. The topological polar surface area (TPSA) is 81.1 Å². The van der Waals surface area contributed by atoms with E-state index in [9.17, 15) is 14.7 Å². The Kier molecular flexibility index (Phi) is 6.17. The molecule has 0 aliphatic rings. The number of urea groups is 1. The predicted molar refractivity (Wildman–Crippen MR) is 80.5 cm³/mol. The molecule has 6 heteroatoms. The summed E-state index contributed by atoms with van der Waals surface area (Å²) < 4.78 is 0. The van der Waals surface area contributed by atoms with Gasteiger partial charge in [0.25, 0.3) is 0 Å². The van der Waals surface area contributed by atoms with Crippen molar-refractivity contribution in [2.24, 2.45) is 0 Å². The fraction of sp³-hybridized carbons (Fsp3) is 0.467. The first-order valence-corrected chi connectivity index (χ1v) is 6.80. The van der Waals surface area contributed by atoms with E-state index in [1.165, 1.54) is 9.80 Å². The molecular weight excluding hydrogens is 272 g/mol. The van der Waals surface area contributed by atoms with Crippen molar-refractivity contribution >= 4 is 17.7 Å². The van der Waals surface area contributed by atoms with Crippen LogP contribution in [0.4, 0.5) is 10.5 Å². The second-order valence-corrected chi connectivity index (χ2v) is 5.14. The number of rotatable bonds is 6. The Hall–Kier alpha value is -2.08. The summed E-state index contributed by atoms with van der Waals surface area (Å²) in [6.07, 6.45) is -0.777. The van der Waals surface area contributed by atoms with Gasteiger partial charge in [-0.15, -0.1) is 0 Å². The zero-order valence-corrected chi connectivity index (χ0v) is 12.6. The molecule has 0 radical (unpaired) electrons. The smallest absolute Gasteiger partial charge is 0.324 e. The van der Waals surface area contributed by atoms with Crippen molar-refractivity contribution in [1.82, 2.24) is 4.90 Å². The van der Waals surface area contributed by atoms with Gasteiger partial charge in [-0.3, -0.25) is 9.69 Å². The van der Waals surface area contributed by atoms with Crippen molar-refractivity contribution in [1.29, 1.82) is 0 Å². The molecule has 1 atom stereocenters. The van der Waals surface area contributed by atoms with Gasteiger partial charge in [0.1, 0.15) is 0 Å². The lowest BCUT2D eigenvalue weighted by Gasteiger charge is -2.28. The quantitative estimate of drug-likeness (QED) is 0.837. The third-order valence-electron chi connectivity index (χ3n) is 2.99. The lowest BCUT2D eigenvalue weighted by molar-refractivity contribution is -0.136. The largest absolute Gasteiger partial charge is 0.481 e. The first-order chi connectivity index (χ1) is 9.81. The van der Waals surface area contributed by atoms with Crippen LogP contribution in [0.15, 0.2) is 24.3 Å². The van der Waals surface area contributed by atoms with E-state index in [2.05, 4.69) is 0 Å². The van der Waals surface area contributed by atoms with E-state index in [1.807, 2.05) is 19.1 Å². The summed E-state index contributed by atoms with van der Waals surface area (Å²) in [6, 6.07) is 6.97. The van der Waals surface area contributed by atoms with Gasteiger partial charge in [0.15, 0.2) is 0 Å². The van der Waals surface area contributed by atoms with Gasteiger partial charge in [-0.2, -0.15) is 0 Å². The van der Waals surface area contributed by atoms with Gasteiger partial charge >= 0.3 is 12.0 Å². The number of carbonyl (C=O) groups is 2. The lowest BCUT2D eigenvalue weighted by Crippen LogP contribution is -2.44. The maximum Gasteiger partial charge on any atom is 0.324 e. The average molecular weight is 294 g/mol. The third-order valence-corrected chi connectivity index (χ3v) is 2.99. The highest BCUT2D eigenvalue weighted by Gasteiger charge is 2.21. The number of amides is 2. The number of aliphatic hydroxyl groups excluding tert-OH is 1. The van der Waals surface area contributed by atoms with Crippen molar-refractivity contribution in [2.75, 3.05) is 25.0 Å². The van der Waals surface area contributed by atoms with E-state index in [0.29, 0.717) is 5.69 Å². The average Bonchev–Trinajstić information content (AvgIpc) is 2.39. The van der Waals surface area contributed by atoms with Crippen LogP contribution in [-0.4, -0.2) is 53.4 Å².